The molecule has 2 heterocycles. The number of hydrogen-bond donors (Lipinski definition) is 1. The first kappa shape index (κ1) is 16.0. The van der Waals surface area contributed by atoms with Gasteiger partial charge in [0.25, 0.3) is 5.91 Å². The Kier molecular flexibility index (Phi) is 4.68. The van der Waals surface area contributed by atoms with Gasteiger partial charge >= 0.3 is 0 Å². The lowest BCUT2D eigenvalue weighted by Gasteiger charge is -2.11. The van der Waals surface area contributed by atoms with Crippen LogP contribution in [0.15, 0.2) is 24.3 Å². The fourth-order valence-corrected chi connectivity index (χ4v) is 3.12. The Bertz CT molecular complexity index is 721. The zero-order valence-electron chi connectivity index (χ0n) is 13.3. The summed E-state index contributed by atoms with van der Waals surface area (Å²) in [4.78, 5) is 12.5. The molecule has 5 nitrogen and oxygen atoms in total. The number of ether oxygens (including phenoxy) is 1. The van der Waals surface area contributed by atoms with Crippen LogP contribution < -0.4 is 5.32 Å². The number of benzene rings is 1. The van der Waals surface area contributed by atoms with Crippen molar-refractivity contribution in [1.29, 1.82) is 0 Å². The number of carbonyl (C=O) groups excluding carboxylic acids is 1. The van der Waals surface area contributed by atoms with Crippen molar-refractivity contribution in [3.05, 3.63) is 46.2 Å². The summed E-state index contributed by atoms with van der Waals surface area (Å²) in [5, 5.41) is 8.08. The van der Waals surface area contributed by atoms with Crippen molar-refractivity contribution in [2.24, 2.45) is 0 Å². The van der Waals surface area contributed by atoms with Gasteiger partial charge in [0.05, 0.1) is 28.7 Å². The fraction of sp³-hybridized carbons (Fsp3) is 0.412. The van der Waals surface area contributed by atoms with Crippen molar-refractivity contribution < 1.29 is 9.53 Å². The molecule has 1 N–H and O–H groups in total. The third kappa shape index (κ3) is 3.41. The first-order chi connectivity index (χ1) is 11.1. The van der Waals surface area contributed by atoms with Crippen LogP contribution in [-0.2, 0) is 4.74 Å². The van der Waals surface area contributed by atoms with Crippen molar-refractivity contribution in [2.45, 2.75) is 32.8 Å². The standard InChI is InChI=1S/C17H20ClN3O2/c1-11-16(17(22)19-10-15-7-4-8-23-15)12(2)21(20-11)14-6-3-5-13(18)9-14/h3,5-6,9,15H,4,7-8,10H2,1-2H3,(H,19,22)/t15-/m1/s1. The minimum absolute atomic E-state index is 0.108. The van der Waals surface area contributed by atoms with Crippen LogP contribution in [0, 0.1) is 13.8 Å². The van der Waals surface area contributed by atoms with Crippen molar-refractivity contribution >= 4 is 17.5 Å². The molecule has 0 saturated carbocycles. The van der Waals surface area contributed by atoms with Gasteiger partial charge in [-0.15, -0.1) is 0 Å². The second-order valence-corrected chi connectivity index (χ2v) is 6.22. The summed E-state index contributed by atoms with van der Waals surface area (Å²) in [6.07, 6.45) is 2.19. The summed E-state index contributed by atoms with van der Waals surface area (Å²) < 4.78 is 7.29. The Hall–Kier alpha value is -1.85. The summed E-state index contributed by atoms with van der Waals surface area (Å²) in [6, 6.07) is 7.42. The SMILES string of the molecule is Cc1nn(-c2cccc(Cl)c2)c(C)c1C(=O)NC[C@H]1CCCO1. The first-order valence-corrected chi connectivity index (χ1v) is 8.16. The van der Waals surface area contributed by atoms with Gasteiger partial charge in [0, 0.05) is 18.2 Å². The number of amides is 1. The van der Waals surface area contributed by atoms with E-state index in [9.17, 15) is 4.79 Å². The van der Waals surface area contributed by atoms with Gasteiger partial charge in [-0.1, -0.05) is 17.7 Å². The van der Waals surface area contributed by atoms with Gasteiger partial charge in [-0.3, -0.25) is 4.79 Å². The highest BCUT2D eigenvalue weighted by molar-refractivity contribution is 6.30. The minimum Gasteiger partial charge on any atom is -0.376 e. The molecule has 1 amide bonds. The monoisotopic (exact) mass is 333 g/mol. The molecule has 0 aliphatic carbocycles. The van der Waals surface area contributed by atoms with Crippen molar-refractivity contribution in [1.82, 2.24) is 15.1 Å². The zero-order chi connectivity index (χ0) is 16.4. The van der Waals surface area contributed by atoms with Crippen LogP contribution in [-0.4, -0.2) is 34.9 Å². The molecule has 0 bridgehead atoms. The maximum Gasteiger partial charge on any atom is 0.255 e. The van der Waals surface area contributed by atoms with Gasteiger partial charge in [-0.05, 0) is 44.9 Å². The molecule has 1 aliphatic heterocycles. The molecule has 0 spiro atoms. The number of aromatic nitrogens is 2. The number of hydrogen-bond acceptors (Lipinski definition) is 3. The van der Waals surface area contributed by atoms with Crippen LogP contribution in [0.25, 0.3) is 5.69 Å². The highest BCUT2D eigenvalue weighted by Crippen LogP contribution is 2.20. The lowest BCUT2D eigenvalue weighted by molar-refractivity contribution is 0.0856. The van der Waals surface area contributed by atoms with E-state index in [1.165, 1.54) is 0 Å². The molecule has 6 heteroatoms. The number of halogens is 1. The molecule has 1 atom stereocenters. The van der Waals surface area contributed by atoms with Gasteiger partial charge in [-0.2, -0.15) is 5.10 Å². The predicted octanol–water partition coefficient (Wildman–Crippen LogP) is 3.05. The summed E-state index contributed by atoms with van der Waals surface area (Å²) in [7, 11) is 0. The van der Waals surface area contributed by atoms with Gasteiger partial charge < -0.3 is 10.1 Å². The Morgan fingerprint density at radius 1 is 1.48 bits per heavy atom. The maximum absolute atomic E-state index is 12.5. The molecule has 122 valence electrons. The quantitative estimate of drug-likeness (QED) is 0.935. The number of rotatable bonds is 4. The summed E-state index contributed by atoms with van der Waals surface area (Å²) >= 11 is 6.04. The van der Waals surface area contributed by atoms with Crippen LogP contribution in [0.5, 0.6) is 0 Å². The number of nitrogens with zero attached hydrogens (tertiary/aromatic N) is 2. The molecule has 3 rings (SSSR count). The number of carbonyl (C=O) groups is 1. The van der Waals surface area contributed by atoms with Crippen LogP contribution in [0.4, 0.5) is 0 Å². The largest absolute Gasteiger partial charge is 0.376 e. The summed E-state index contributed by atoms with van der Waals surface area (Å²) in [5.74, 6) is -0.108. The molecule has 1 fully saturated rings. The topological polar surface area (TPSA) is 56.2 Å². The van der Waals surface area contributed by atoms with E-state index in [2.05, 4.69) is 10.4 Å². The third-order valence-electron chi connectivity index (χ3n) is 4.09. The smallest absolute Gasteiger partial charge is 0.255 e. The Morgan fingerprint density at radius 3 is 3.00 bits per heavy atom. The molecule has 1 aliphatic rings. The normalized spacial score (nSPS) is 17.4. The fourth-order valence-electron chi connectivity index (χ4n) is 2.93. The highest BCUT2D eigenvalue weighted by Gasteiger charge is 2.21. The first-order valence-electron chi connectivity index (χ1n) is 7.78. The molecule has 23 heavy (non-hydrogen) atoms. The van der Waals surface area contributed by atoms with Gasteiger partial charge in [0.2, 0.25) is 0 Å². The van der Waals surface area contributed by atoms with Gasteiger partial charge in [0.15, 0.2) is 0 Å². The lowest BCUT2D eigenvalue weighted by atomic mass is 10.1. The molecule has 2 aromatic rings. The van der Waals surface area contributed by atoms with Crippen LogP contribution in [0.1, 0.15) is 34.6 Å². The van der Waals surface area contributed by atoms with Gasteiger partial charge in [0.1, 0.15) is 0 Å². The van der Waals surface area contributed by atoms with Crippen molar-refractivity contribution in [2.75, 3.05) is 13.2 Å². The molecule has 0 radical (unpaired) electrons. The Labute approximate surface area is 140 Å². The second kappa shape index (κ2) is 6.72. The van der Waals surface area contributed by atoms with Crippen LogP contribution in [0.3, 0.4) is 0 Å². The zero-order valence-corrected chi connectivity index (χ0v) is 14.1. The predicted molar refractivity (Wildman–Crippen MR) is 89.4 cm³/mol. The molecule has 1 aromatic carbocycles. The maximum atomic E-state index is 12.5. The van der Waals surface area contributed by atoms with E-state index in [1.807, 2.05) is 38.1 Å². The van der Waals surface area contributed by atoms with Gasteiger partial charge in [-0.25, -0.2) is 4.68 Å². The van der Waals surface area contributed by atoms with E-state index >= 15 is 0 Å². The minimum atomic E-state index is -0.108. The average Bonchev–Trinajstić information content (AvgIpc) is 3.13. The molecular formula is C17H20ClN3O2. The van der Waals surface area contributed by atoms with Crippen molar-refractivity contribution in [3.63, 3.8) is 0 Å². The Morgan fingerprint density at radius 2 is 2.30 bits per heavy atom. The summed E-state index contributed by atoms with van der Waals surface area (Å²) in [5.41, 5.74) is 2.96. The van der Waals surface area contributed by atoms with E-state index in [1.54, 1.807) is 4.68 Å². The van der Waals surface area contributed by atoms with E-state index in [-0.39, 0.29) is 12.0 Å². The van der Waals surface area contributed by atoms with Crippen LogP contribution in [0.2, 0.25) is 5.02 Å². The second-order valence-electron chi connectivity index (χ2n) is 5.78. The lowest BCUT2D eigenvalue weighted by Crippen LogP contribution is -2.32. The molecule has 0 unspecified atom stereocenters. The average molecular weight is 334 g/mol. The van der Waals surface area contributed by atoms with Crippen molar-refractivity contribution in [3.8, 4) is 5.69 Å². The van der Waals surface area contributed by atoms with E-state index in [0.29, 0.717) is 22.8 Å². The third-order valence-corrected chi connectivity index (χ3v) is 4.32. The molecule has 1 aromatic heterocycles. The van der Waals surface area contributed by atoms with E-state index in [4.69, 9.17) is 16.3 Å². The van der Waals surface area contributed by atoms with E-state index in [0.717, 1.165) is 30.8 Å². The van der Waals surface area contributed by atoms with E-state index < -0.39 is 0 Å². The van der Waals surface area contributed by atoms with Crippen LogP contribution >= 0.6 is 11.6 Å². The molecular weight excluding hydrogens is 314 g/mol. The number of aryl methyl sites for hydroxylation is 1. The molecule has 1 saturated heterocycles. The number of nitrogens with one attached hydrogen (secondary N) is 1. The highest BCUT2D eigenvalue weighted by atomic mass is 35.5. The summed E-state index contributed by atoms with van der Waals surface area (Å²) in [6.45, 7) is 5.06. The Balaban J connectivity index is 1.81.